The number of amides is 1. The van der Waals surface area contributed by atoms with E-state index >= 15 is 0 Å². The third-order valence-electron chi connectivity index (χ3n) is 4.04. The zero-order chi connectivity index (χ0) is 14.5. The summed E-state index contributed by atoms with van der Waals surface area (Å²) < 4.78 is 0. The molecule has 0 unspecified atom stereocenters. The van der Waals surface area contributed by atoms with E-state index in [2.05, 4.69) is 13.5 Å². The van der Waals surface area contributed by atoms with Crippen molar-refractivity contribution in [3.63, 3.8) is 0 Å². The van der Waals surface area contributed by atoms with Crippen molar-refractivity contribution in [3.05, 3.63) is 12.7 Å². The third-order valence-corrected chi connectivity index (χ3v) is 4.04. The van der Waals surface area contributed by atoms with E-state index in [0.717, 1.165) is 25.7 Å². The minimum absolute atomic E-state index is 0.135. The average molecular weight is 268 g/mol. The van der Waals surface area contributed by atoms with Crippen LogP contribution in [0.3, 0.4) is 0 Å². The first-order valence-corrected chi connectivity index (χ1v) is 6.77. The van der Waals surface area contributed by atoms with Crippen LogP contribution in [0.1, 0.15) is 32.6 Å². The Labute approximate surface area is 114 Å². The van der Waals surface area contributed by atoms with Crippen molar-refractivity contribution in [1.29, 1.82) is 0 Å². The summed E-state index contributed by atoms with van der Waals surface area (Å²) in [6, 6.07) is 0. The molecule has 1 fully saturated rings. The smallest absolute Gasteiger partial charge is 0.323 e. The fourth-order valence-electron chi connectivity index (χ4n) is 2.69. The van der Waals surface area contributed by atoms with Crippen LogP contribution in [-0.4, -0.2) is 41.5 Å². The Morgan fingerprint density at radius 1 is 1.47 bits per heavy atom. The summed E-state index contributed by atoms with van der Waals surface area (Å²) in [5, 5.41) is 8.90. The van der Waals surface area contributed by atoms with E-state index in [1.54, 1.807) is 6.08 Å². The Bertz CT molecular complexity index is 347. The summed E-state index contributed by atoms with van der Waals surface area (Å²) in [6.45, 7) is 5.99. The van der Waals surface area contributed by atoms with Crippen molar-refractivity contribution in [2.24, 2.45) is 17.1 Å². The summed E-state index contributed by atoms with van der Waals surface area (Å²) >= 11 is 0. The number of carbonyl (C=O) groups excluding carboxylic acids is 1. The number of hydrogen-bond donors (Lipinski definition) is 2. The summed E-state index contributed by atoms with van der Waals surface area (Å²) in [5.74, 6) is -0.532. The SMILES string of the molecule is C=CCN(CC(=O)O)C(=O)C1(CN)CCC(C)CC1. The van der Waals surface area contributed by atoms with Gasteiger partial charge in [0.1, 0.15) is 6.54 Å². The molecular weight excluding hydrogens is 244 g/mol. The molecule has 0 radical (unpaired) electrons. The van der Waals surface area contributed by atoms with E-state index in [9.17, 15) is 9.59 Å². The van der Waals surface area contributed by atoms with Crippen molar-refractivity contribution in [1.82, 2.24) is 4.90 Å². The summed E-state index contributed by atoms with van der Waals surface area (Å²) in [7, 11) is 0. The molecule has 0 aromatic carbocycles. The Balaban J connectivity index is 2.85. The van der Waals surface area contributed by atoms with Crippen molar-refractivity contribution >= 4 is 11.9 Å². The van der Waals surface area contributed by atoms with Crippen LogP contribution in [0.2, 0.25) is 0 Å². The second-order valence-corrected chi connectivity index (χ2v) is 5.54. The lowest BCUT2D eigenvalue weighted by atomic mass is 9.70. The summed E-state index contributed by atoms with van der Waals surface area (Å²) in [4.78, 5) is 24.8. The zero-order valence-corrected chi connectivity index (χ0v) is 11.6. The van der Waals surface area contributed by atoms with Crippen LogP contribution < -0.4 is 5.73 Å². The predicted octanol–water partition coefficient (Wildman–Crippen LogP) is 1.24. The van der Waals surface area contributed by atoms with Gasteiger partial charge in [0.2, 0.25) is 5.91 Å². The highest BCUT2D eigenvalue weighted by Gasteiger charge is 2.42. The minimum atomic E-state index is -1.01. The first kappa shape index (κ1) is 15.7. The monoisotopic (exact) mass is 268 g/mol. The van der Waals surface area contributed by atoms with E-state index in [-0.39, 0.29) is 25.5 Å². The van der Waals surface area contributed by atoms with Crippen LogP contribution >= 0.6 is 0 Å². The molecule has 1 aliphatic carbocycles. The van der Waals surface area contributed by atoms with Gasteiger partial charge in [-0.15, -0.1) is 6.58 Å². The summed E-state index contributed by atoms with van der Waals surface area (Å²) in [6.07, 6.45) is 4.99. The molecule has 0 saturated heterocycles. The molecule has 1 aliphatic rings. The number of carboxylic acid groups (broad SMARTS) is 1. The van der Waals surface area contributed by atoms with Crippen molar-refractivity contribution in [2.45, 2.75) is 32.6 Å². The largest absolute Gasteiger partial charge is 0.480 e. The molecule has 0 bridgehead atoms. The fourth-order valence-corrected chi connectivity index (χ4v) is 2.69. The maximum absolute atomic E-state index is 12.6. The highest BCUT2D eigenvalue weighted by Crippen LogP contribution is 2.39. The number of carbonyl (C=O) groups is 2. The number of aliphatic carboxylic acids is 1. The lowest BCUT2D eigenvalue weighted by molar-refractivity contribution is -0.150. The van der Waals surface area contributed by atoms with Gasteiger partial charge in [-0.2, -0.15) is 0 Å². The normalized spacial score (nSPS) is 26.7. The zero-order valence-electron chi connectivity index (χ0n) is 11.6. The van der Waals surface area contributed by atoms with Crippen LogP contribution in [0.25, 0.3) is 0 Å². The molecule has 3 N–H and O–H groups in total. The quantitative estimate of drug-likeness (QED) is 0.710. The van der Waals surface area contributed by atoms with Crippen molar-refractivity contribution in [3.8, 4) is 0 Å². The van der Waals surface area contributed by atoms with Crippen molar-refractivity contribution in [2.75, 3.05) is 19.6 Å². The van der Waals surface area contributed by atoms with Gasteiger partial charge in [-0.1, -0.05) is 13.0 Å². The predicted molar refractivity (Wildman–Crippen MR) is 73.5 cm³/mol. The van der Waals surface area contributed by atoms with Gasteiger partial charge in [-0.05, 0) is 31.6 Å². The van der Waals surface area contributed by atoms with Gasteiger partial charge < -0.3 is 15.7 Å². The molecule has 5 nitrogen and oxygen atoms in total. The van der Waals surface area contributed by atoms with E-state index in [1.807, 2.05) is 0 Å². The van der Waals surface area contributed by atoms with E-state index in [1.165, 1.54) is 4.90 Å². The molecule has 1 amide bonds. The Hall–Kier alpha value is -1.36. The lowest BCUT2D eigenvalue weighted by Crippen LogP contribution is -2.51. The maximum Gasteiger partial charge on any atom is 0.323 e. The molecule has 108 valence electrons. The maximum atomic E-state index is 12.6. The molecule has 1 rings (SSSR count). The fraction of sp³-hybridized carbons (Fsp3) is 0.714. The molecule has 0 heterocycles. The van der Waals surface area contributed by atoms with Gasteiger partial charge in [0.25, 0.3) is 0 Å². The van der Waals surface area contributed by atoms with E-state index in [4.69, 9.17) is 10.8 Å². The Morgan fingerprint density at radius 2 is 2.05 bits per heavy atom. The van der Waals surface area contributed by atoms with Crippen molar-refractivity contribution < 1.29 is 14.7 Å². The second-order valence-electron chi connectivity index (χ2n) is 5.54. The van der Waals surface area contributed by atoms with E-state index < -0.39 is 11.4 Å². The molecular formula is C14H24N2O3. The van der Waals surface area contributed by atoms with Crippen LogP contribution in [0.5, 0.6) is 0 Å². The van der Waals surface area contributed by atoms with Gasteiger partial charge in [0.05, 0.1) is 5.41 Å². The average Bonchev–Trinajstić information content (AvgIpc) is 2.38. The van der Waals surface area contributed by atoms with Crippen LogP contribution in [0.15, 0.2) is 12.7 Å². The first-order valence-electron chi connectivity index (χ1n) is 6.77. The van der Waals surface area contributed by atoms with Crippen LogP contribution in [-0.2, 0) is 9.59 Å². The van der Waals surface area contributed by atoms with Crippen LogP contribution in [0.4, 0.5) is 0 Å². The van der Waals surface area contributed by atoms with Gasteiger partial charge in [-0.3, -0.25) is 9.59 Å². The van der Waals surface area contributed by atoms with E-state index in [0.29, 0.717) is 5.92 Å². The van der Waals surface area contributed by atoms with Gasteiger partial charge in [0, 0.05) is 13.1 Å². The number of hydrogen-bond acceptors (Lipinski definition) is 3. The standard InChI is InChI=1S/C14H24N2O3/c1-3-8-16(9-12(17)18)13(19)14(10-15)6-4-11(2)5-7-14/h3,11H,1,4-10,15H2,2H3,(H,17,18). The van der Waals surface area contributed by atoms with Crippen LogP contribution in [0, 0.1) is 11.3 Å². The molecule has 5 heteroatoms. The third kappa shape index (κ3) is 3.80. The molecule has 0 aromatic rings. The Kier molecular flexibility index (Phi) is 5.54. The molecule has 1 saturated carbocycles. The molecule has 0 aliphatic heterocycles. The second kappa shape index (κ2) is 6.70. The topological polar surface area (TPSA) is 83.6 Å². The number of nitrogens with zero attached hydrogens (tertiary/aromatic N) is 1. The van der Waals surface area contributed by atoms with Gasteiger partial charge in [0.15, 0.2) is 0 Å². The lowest BCUT2D eigenvalue weighted by Gasteiger charge is -2.40. The number of nitrogens with two attached hydrogens (primary N) is 1. The molecule has 0 aromatic heterocycles. The highest BCUT2D eigenvalue weighted by molar-refractivity contribution is 5.86. The molecule has 0 spiro atoms. The summed E-state index contributed by atoms with van der Waals surface area (Å²) in [5.41, 5.74) is 5.25. The number of carboxylic acids is 1. The first-order chi connectivity index (χ1) is 8.95. The molecule has 0 atom stereocenters. The Morgan fingerprint density at radius 3 is 2.47 bits per heavy atom. The minimum Gasteiger partial charge on any atom is -0.480 e. The van der Waals surface area contributed by atoms with Gasteiger partial charge >= 0.3 is 5.97 Å². The van der Waals surface area contributed by atoms with Gasteiger partial charge in [-0.25, -0.2) is 0 Å². The highest BCUT2D eigenvalue weighted by atomic mass is 16.4. The molecule has 19 heavy (non-hydrogen) atoms. The number of rotatable bonds is 6.